The number of ether oxygens (including phenoxy) is 1. The van der Waals surface area contributed by atoms with E-state index in [2.05, 4.69) is 9.97 Å². The van der Waals surface area contributed by atoms with Gasteiger partial charge in [-0.3, -0.25) is 4.79 Å². The van der Waals surface area contributed by atoms with Gasteiger partial charge in [0.15, 0.2) is 0 Å². The second-order valence-corrected chi connectivity index (χ2v) is 3.05. The monoisotopic (exact) mass is 194 g/mol. The molecular weight excluding hydrogens is 180 g/mol. The van der Waals surface area contributed by atoms with Crippen LogP contribution in [0.15, 0.2) is 12.4 Å². The number of aromatic nitrogens is 2. The van der Waals surface area contributed by atoms with Gasteiger partial charge in [0, 0.05) is 6.07 Å². The summed E-state index contributed by atoms with van der Waals surface area (Å²) >= 11 is 0. The maximum atomic E-state index is 11.1. The van der Waals surface area contributed by atoms with Crippen molar-refractivity contribution in [3.05, 3.63) is 18.1 Å². The van der Waals surface area contributed by atoms with E-state index in [1.54, 1.807) is 13.0 Å². The number of nitrogens with zero attached hydrogens (tertiary/aromatic N) is 2. The van der Waals surface area contributed by atoms with Crippen molar-refractivity contribution in [3.8, 4) is 5.88 Å². The van der Waals surface area contributed by atoms with Gasteiger partial charge in [0.05, 0.1) is 18.2 Å². The Kier molecular flexibility index (Phi) is 3.56. The molecule has 0 aliphatic rings. The van der Waals surface area contributed by atoms with Gasteiger partial charge in [-0.15, -0.1) is 0 Å². The lowest BCUT2D eigenvalue weighted by atomic mass is 10.0. The molecule has 1 rings (SSSR count). The van der Waals surface area contributed by atoms with E-state index in [-0.39, 0.29) is 11.7 Å². The largest absolute Gasteiger partial charge is 0.478 e. The van der Waals surface area contributed by atoms with Crippen LogP contribution >= 0.6 is 0 Å². The third kappa shape index (κ3) is 2.52. The van der Waals surface area contributed by atoms with Crippen LogP contribution in [-0.2, 0) is 4.79 Å². The minimum Gasteiger partial charge on any atom is -0.478 e. The van der Waals surface area contributed by atoms with Gasteiger partial charge in [-0.05, 0) is 20.8 Å². The van der Waals surface area contributed by atoms with Crippen molar-refractivity contribution in [2.24, 2.45) is 0 Å². The summed E-state index contributed by atoms with van der Waals surface area (Å²) < 4.78 is 5.21. The van der Waals surface area contributed by atoms with Crippen LogP contribution in [-0.4, -0.2) is 22.4 Å². The SMILES string of the molecule is CCOc1cc(C(C)C(C)=O)ncn1. The van der Waals surface area contributed by atoms with E-state index in [9.17, 15) is 4.79 Å². The van der Waals surface area contributed by atoms with Crippen LogP contribution < -0.4 is 4.74 Å². The Morgan fingerprint density at radius 1 is 1.57 bits per heavy atom. The first kappa shape index (κ1) is 10.6. The van der Waals surface area contributed by atoms with E-state index >= 15 is 0 Å². The molecule has 1 atom stereocenters. The van der Waals surface area contributed by atoms with E-state index < -0.39 is 0 Å². The van der Waals surface area contributed by atoms with Gasteiger partial charge in [-0.25, -0.2) is 9.97 Å². The summed E-state index contributed by atoms with van der Waals surface area (Å²) in [4.78, 5) is 19.1. The number of hydrogen-bond donors (Lipinski definition) is 0. The molecule has 0 saturated carbocycles. The Labute approximate surface area is 83.3 Å². The third-order valence-electron chi connectivity index (χ3n) is 2.01. The first-order chi connectivity index (χ1) is 6.65. The first-order valence-electron chi connectivity index (χ1n) is 4.60. The molecule has 0 radical (unpaired) electrons. The molecule has 1 aromatic heterocycles. The molecule has 14 heavy (non-hydrogen) atoms. The lowest BCUT2D eigenvalue weighted by molar-refractivity contribution is -0.118. The number of ketones is 1. The molecule has 0 saturated heterocycles. The quantitative estimate of drug-likeness (QED) is 0.730. The number of carbonyl (C=O) groups is 1. The molecule has 76 valence electrons. The number of carbonyl (C=O) groups excluding carboxylic acids is 1. The molecule has 1 unspecified atom stereocenters. The highest BCUT2D eigenvalue weighted by molar-refractivity contribution is 5.82. The maximum Gasteiger partial charge on any atom is 0.216 e. The van der Waals surface area contributed by atoms with Gasteiger partial charge in [-0.1, -0.05) is 0 Å². The fraction of sp³-hybridized carbons (Fsp3) is 0.500. The van der Waals surface area contributed by atoms with E-state index in [4.69, 9.17) is 4.74 Å². The number of hydrogen-bond acceptors (Lipinski definition) is 4. The summed E-state index contributed by atoms with van der Waals surface area (Å²) in [7, 11) is 0. The highest BCUT2D eigenvalue weighted by Gasteiger charge is 2.12. The molecular formula is C10H14N2O2. The number of rotatable bonds is 4. The molecule has 0 bridgehead atoms. The van der Waals surface area contributed by atoms with Crippen molar-refractivity contribution in [3.63, 3.8) is 0 Å². The zero-order chi connectivity index (χ0) is 10.6. The van der Waals surface area contributed by atoms with E-state index in [1.807, 2.05) is 13.8 Å². The summed E-state index contributed by atoms with van der Waals surface area (Å²) in [5.41, 5.74) is 0.705. The molecule has 0 N–H and O–H groups in total. The summed E-state index contributed by atoms with van der Waals surface area (Å²) in [6.45, 7) is 5.81. The van der Waals surface area contributed by atoms with Crippen molar-refractivity contribution in [1.82, 2.24) is 9.97 Å². The van der Waals surface area contributed by atoms with Gasteiger partial charge >= 0.3 is 0 Å². The van der Waals surface area contributed by atoms with Crippen LogP contribution in [0.5, 0.6) is 5.88 Å². The van der Waals surface area contributed by atoms with Gasteiger partial charge in [0.2, 0.25) is 5.88 Å². The molecule has 0 spiro atoms. The van der Waals surface area contributed by atoms with Crippen LogP contribution in [0, 0.1) is 0 Å². The van der Waals surface area contributed by atoms with Gasteiger partial charge < -0.3 is 4.74 Å². The Bertz CT molecular complexity index is 326. The van der Waals surface area contributed by atoms with Gasteiger partial charge in [0.25, 0.3) is 0 Å². The minimum atomic E-state index is -0.197. The normalized spacial score (nSPS) is 12.2. The zero-order valence-corrected chi connectivity index (χ0v) is 8.65. The molecule has 4 nitrogen and oxygen atoms in total. The van der Waals surface area contributed by atoms with Crippen molar-refractivity contribution in [2.45, 2.75) is 26.7 Å². The molecule has 0 aromatic carbocycles. The van der Waals surface area contributed by atoms with Crippen LogP contribution in [0.3, 0.4) is 0 Å². The van der Waals surface area contributed by atoms with E-state index in [1.165, 1.54) is 6.33 Å². The first-order valence-corrected chi connectivity index (χ1v) is 4.60. The Morgan fingerprint density at radius 3 is 2.86 bits per heavy atom. The van der Waals surface area contributed by atoms with Gasteiger partial charge in [-0.2, -0.15) is 0 Å². The van der Waals surface area contributed by atoms with Crippen molar-refractivity contribution >= 4 is 5.78 Å². The van der Waals surface area contributed by atoms with Crippen molar-refractivity contribution < 1.29 is 9.53 Å². The predicted octanol–water partition coefficient (Wildman–Crippen LogP) is 1.57. The van der Waals surface area contributed by atoms with Crippen molar-refractivity contribution in [2.75, 3.05) is 6.61 Å². The Hall–Kier alpha value is -1.45. The third-order valence-corrected chi connectivity index (χ3v) is 2.01. The molecule has 0 aliphatic carbocycles. The smallest absolute Gasteiger partial charge is 0.216 e. The summed E-state index contributed by atoms with van der Waals surface area (Å²) in [6.07, 6.45) is 1.42. The Morgan fingerprint density at radius 2 is 2.29 bits per heavy atom. The van der Waals surface area contributed by atoms with Crippen LogP contribution in [0.1, 0.15) is 32.4 Å². The highest BCUT2D eigenvalue weighted by Crippen LogP contribution is 2.16. The van der Waals surface area contributed by atoms with E-state index in [0.717, 1.165) is 0 Å². The Balaban J connectivity index is 2.87. The molecule has 1 heterocycles. The lowest BCUT2D eigenvalue weighted by Gasteiger charge is -2.07. The predicted molar refractivity (Wildman–Crippen MR) is 52.3 cm³/mol. The van der Waals surface area contributed by atoms with Crippen LogP contribution in [0.4, 0.5) is 0 Å². The van der Waals surface area contributed by atoms with Gasteiger partial charge in [0.1, 0.15) is 12.1 Å². The molecule has 0 fully saturated rings. The topological polar surface area (TPSA) is 52.1 Å². The highest BCUT2D eigenvalue weighted by atomic mass is 16.5. The second kappa shape index (κ2) is 4.69. The summed E-state index contributed by atoms with van der Waals surface area (Å²) in [5, 5.41) is 0. The fourth-order valence-corrected chi connectivity index (χ4v) is 1.03. The van der Waals surface area contributed by atoms with Crippen molar-refractivity contribution in [1.29, 1.82) is 0 Å². The standard InChI is InChI=1S/C10H14N2O2/c1-4-14-10-5-9(11-6-12-10)7(2)8(3)13/h5-7H,4H2,1-3H3. The molecule has 0 amide bonds. The second-order valence-electron chi connectivity index (χ2n) is 3.05. The maximum absolute atomic E-state index is 11.1. The molecule has 0 aliphatic heterocycles. The minimum absolute atomic E-state index is 0.0890. The molecule has 1 aromatic rings. The zero-order valence-electron chi connectivity index (χ0n) is 8.65. The lowest BCUT2D eigenvalue weighted by Crippen LogP contribution is -2.07. The molecule has 4 heteroatoms. The average Bonchev–Trinajstić information content (AvgIpc) is 2.17. The summed E-state index contributed by atoms with van der Waals surface area (Å²) in [6, 6.07) is 1.70. The number of Topliss-reactive ketones (excluding diaryl/α,β-unsaturated/α-hetero) is 1. The average molecular weight is 194 g/mol. The van der Waals surface area contributed by atoms with Crippen LogP contribution in [0.25, 0.3) is 0 Å². The van der Waals surface area contributed by atoms with E-state index in [0.29, 0.717) is 18.2 Å². The summed E-state index contributed by atoms with van der Waals surface area (Å²) in [5.74, 6) is 0.411. The van der Waals surface area contributed by atoms with Crippen LogP contribution in [0.2, 0.25) is 0 Å². The fourth-order valence-electron chi connectivity index (χ4n) is 1.03.